The zero-order valence-electron chi connectivity index (χ0n) is 45.3. The molecule has 0 spiro atoms. The Morgan fingerprint density at radius 3 is 0.864 bits per heavy atom. The molecule has 0 rings (SSSR count). The highest BCUT2D eigenvalue weighted by molar-refractivity contribution is 5.71. The summed E-state index contributed by atoms with van der Waals surface area (Å²) in [7, 11) is 0. The van der Waals surface area contributed by atoms with Crippen LogP contribution in [0, 0.1) is 11.8 Å². The Hall–Kier alpha value is -1.59. The van der Waals surface area contributed by atoms with Gasteiger partial charge in [0, 0.05) is 19.3 Å². The number of carbonyl (C=O) groups excluding carboxylic acids is 3. The third-order valence-corrected chi connectivity index (χ3v) is 14.1. The third-order valence-electron chi connectivity index (χ3n) is 14.1. The van der Waals surface area contributed by atoms with Crippen molar-refractivity contribution in [3.05, 3.63) is 0 Å². The van der Waals surface area contributed by atoms with E-state index in [0.717, 1.165) is 69.6 Å². The minimum Gasteiger partial charge on any atom is -0.462 e. The van der Waals surface area contributed by atoms with Crippen molar-refractivity contribution in [1.29, 1.82) is 0 Å². The topological polar surface area (TPSA) is 78.9 Å². The summed E-state index contributed by atoms with van der Waals surface area (Å²) in [6, 6.07) is 0. The molecule has 0 aliphatic heterocycles. The molecule has 0 aliphatic rings. The number of unbranched alkanes of at least 4 members (excludes halogenated alkanes) is 38. The van der Waals surface area contributed by atoms with Crippen molar-refractivity contribution < 1.29 is 28.6 Å². The number of hydrogen-bond acceptors (Lipinski definition) is 6. The average molecular weight is 934 g/mol. The van der Waals surface area contributed by atoms with E-state index in [0.29, 0.717) is 19.3 Å². The number of hydrogen-bond donors (Lipinski definition) is 0. The first-order valence-electron chi connectivity index (χ1n) is 29.8. The summed E-state index contributed by atoms with van der Waals surface area (Å²) in [6.45, 7) is 11.5. The highest BCUT2D eigenvalue weighted by Crippen LogP contribution is 2.19. The van der Waals surface area contributed by atoms with E-state index in [1.807, 2.05) is 0 Å². The minimum atomic E-state index is -0.762. The molecule has 0 bridgehead atoms. The maximum atomic E-state index is 12.9. The van der Waals surface area contributed by atoms with Crippen LogP contribution in [-0.4, -0.2) is 37.2 Å². The van der Waals surface area contributed by atoms with Gasteiger partial charge in [-0.05, 0) is 31.1 Å². The Morgan fingerprint density at radius 1 is 0.318 bits per heavy atom. The van der Waals surface area contributed by atoms with Gasteiger partial charge in [0.25, 0.3) is 0 Å². The molecular weight excluding hydrogens is 817 g/mol. The largest absolute Gasteiger partial charge is 0.462 e. The fraction of sp³-hybridized carbons (Fsp3) is 0.950. The van der Waals surface area contributed by atoms with Crippen LogP contribution in [0.4, 0.5) is 0 Å². The van der Waals surface area contributed by atoms with Crippen LogP contribution in [0.15, 0.2) is 0 Å². The van der Waals surface area contributed by atoms with Gasteiger partial charge in [0.05, 0.1) is 0 Å². The van der Waals surface area contributed by atoms with Gasteiger partial charge in [-0.25, -0.2) is 0 Å². The van der Waals surface area contributed by atoms with Crippen molar-refractivity contribution in [3.63, 3.8) is 0 Å². The zero-order valence-corrected chi connectivity index (χ0v) is 45.3. The molecule has 0 N–H and O–H groups in total. The van der Waals surface area contributed by atoms with E-state index in [-0.39, 0.29) is 31.1 Å². The van der Waals surface area contributed by atoms with E-state index in [2.05, 4.69) is 34.6 Å². The van der Waals surface area contributed by atoms with Crippen LogP contribution in [-0.2, 0) is 28.6 Å². The molecule has 0 saturated heterocycles. The quantitative estimate of drug-likeness (QED) is 0.0343. The fourth-order valence-corrected chi connectivity index (χ4v) is 9.20. The summed E-state index contributed by atoms with van der Waals surface area (Å²) in [5.74, 6) is 0.910. The lowest BCUT2D eigenvalue weighted by Gasteiger charge is -2.18. The SMILES string of the molecule is CCCCCCCCCCCCCC(=O)OC[C@H](COC(=O)CCCCCCCCCCCCCCCCC(C)CC)OC(=O)CCCCCCCCCCCCCCCCCCC(C)C. The summed E-state index contributed by atoms with van der Waals surface area (Å²) in [5, 5.41) is 0. The molecule has 6 heteroatoms. The van der Waals surface area contributed by atoms with E-state index < -0.39 is 6.10 Å². The molecule has 66 heavy (non-hydrogen) atoms. The molecule has 0 saturated carbocycles. The van der Waals surface area contributed by atoms with Crippen molar-refractivity contribution in [1.82, 2.24) is 0 Å². The van der Waals surface area contributed by atoms with E-state index in [1.165, 1.54) is 225 Å². The molecule has 0 fully saturated rings. The Kier molecular flexibility index (Phi) is 51.5. The molecular formula is C60H116O6. The number of rotatable bonds is 54. The summed E-state index contributed by atoms with van der Waals surface area (Å²) < 4.78 is 16.9. The van der Waals surface area contributed by atoms with E-state index in [4.69, 9.17) is 14.2 Å². The molecule has 0 amide bonds. The maximum Gasteiger partial charge on any atom is 0.306 e. The zero-order chi connectivity index (χ0) is 48.2. The van der Waals surface area contributed by atoms with Crippen LogP contribution in [0.1, 0.15) is 336 Å². The van der Waals surface area contributed by atoms with E-state index in [9.17, 15) is 14.4 Å². The Morgan fingerprint density at radius 2 is 0.576 bits per heavy atom. The van der Waals surface area contributed by atoms with Gasteiger partial charge >= 0.3 is 17.9 Å². The molecule has 2 atom stereocenters. The molecule has 0 aromatic carbocycles. The third kappa shape index (κ3) is 51.8. The summed E-state index contributed by atoms with van der Waals surface area (Å²) in [6.07, 6.45) is 56.6. The van der Waals surface area contributed by atoms with Gasteiger partial charge < -0.3 is 14.2 Å². The van der Waals surface area contributed by atoms with Crippen LogP contribution >= 0.6 is 0 Å². The Labute approximate surface area is 412 Å². The fourth-order valence-electron chi connectivity index (χ4n) is 9.20. The van der Waals surface area contributed by atoms with Gasteiger partial charge in [0.1, 0.15) is 13.2 Å². The smallest absolute Gasteiger partial charge is 0.306 e. The molecule has 0 aromatic heterocycles. The van der Waals surface area contributed by atoms with E-state index >= 15 is 0 Å². The number of carbonyl (C=O) groups is 3. The monoisotopic (exact) mass is 933 g/mol. The van der Waals surface area contributed by atoms with Crippen molar-refractivity contribution in [3.8, 4) is 0 Å². The summed E-state index contributed by atoms with van der Waals surface area (Å²) >= 11 is 0. The summed E-state index contributed by atoms with van der Waals surface area (Å²) in [5.41, 5.74) is 0. The second-order valence-corrected chi connectivity index (χ2v) is 21.4. The number of esters is 3. The molecule has 0 aromatic rings. The van der Waals surface area contributed by atoms with Gasteiger partial charge in [-0.15, -0.1) is 0 Å². The number of ether oxygens (including phenoxy) is 3. The Balaban J connectivity index is 4.25. The second-order valence-electron chi connectivity index (χ2n) is 21.4. The molecule has 1 unspecified atom stereocenters. The van der Waals surface area contributed by atoms with E-state index in [1.54, 1.807) is 0 Å². The van der Waals surface area contributed by atoms with Gasteiger partial charge in [-0.1, -0.05) is 298 Å². The van der Waals surface area contributed by atoms with Crippen LogP contribution in [0.5, 0.6) is 0 Å². The summed E-state index contributed by atoms with van der Waals surface area (Å²) in [4.78, 5) is 38.1. The van der Waals surface area contributed by atoms with Crippen molar-refractivity contribution in [2.45, 2.75) is 343 Å². The molecule has 0 radical (unpaired) electrons. The Bertz CT molecular complexity index is 1010. The average Bonchev–Trinajstić information content (AvgIpc) is 3.30. The molecule has 0 heterocycles. The second kappa shape index (κ2) is 52.8. The van der Waals surface area contributed by atoms with Gasteiger partial charge in [0.15, 0.2) is 6.10 Å². The highest BCUT2D eigenvalue weighted by atomic mass is 16.6. The lowest BCUT2D eigenvalue weighted by molar-refractivity contribution is -0.167. The minimum absolute atomic E-state index is 0.0624. The standard InChI is InChI=1S/C60H116O6/c1-6-8-9-10-11-12-23-30-35-40-45-50-58(61)64-53-57(54-65-59(62)51-46-41-36-31-26-21-18-17-20-25-29-34-39-44-49-56(5)7-2)66-60(63)52-47-42-37-32-27-22-16-14-13-15-19-24-28-33-38-43-48-55(3)4/h55-57H,6-54H2,1-5H3/t56?,57-/m1/s1. The lowest BCUT2D eigenvalue weighted by Crippen LogP contribution is -2.30. The molecule has 6 nitrogen and oxygen atoms in total. The first kappa shape index (κ1) is 64.4. The lowest BCUT2D eigenvalue weighted by atomic mass is 9.99. The first-order valence-corrected chi connectivity index (χ1v) is 29.8. The van der Waals surface area contributed by atoms with Crippen LogP contribution in [0.2, 0.25) is 0 Å². The maximum absolute atomic E-state index is 12.9. The first-order chi connectivity index (χ1) is 32.3. The molecule has 392 valence electrons. The normalized spacial score (nSPS) is 12.5. The predicted octanol–water partition coefficient (Wildman–Crippen LogP) is 19.7. The van der Waals surface area contributed by atoms with Gasteiger partial charge in [0.2, 0.25) is 0 Å². The van der Waals surface area contributed by atoms with Crippen LogP contribution in [0.25, 0.3) is 0 Å². The van der Waals surface area contributed by atoms with Crippen molar-refractivity contribution >= 4 is 17.9 Å². The molecule has 0 aliphatic carbocycles. The predicted molar refractivity (Wildman–Crippen MR) is 284 cm³/mol. The van der Waals surface area contributed by atoms with Crippen molar-refractivity contribution in [2.24, 2.45) is 11.8 Å². The van der Waals surface area contributed by atoms with Crippen LogP contribution < -0.4 is 0 Å². The highest BCUT2D eigenvalue weighted by Gasteiger charge is 2.19. The van der Waals surface area contributed by atoms with Crippen LogP contribution in [0.3, 0.4) is 0 Å². The van der Waals surface area contributed by atoms with Crippen molar-refractivity contribution in [2.75, 3.05) is 13.2 Å². The van der Waals surface area contributed by atoms with Gasteiger partial charge in [-0.2, -0.15) is 0 Å². The van der Waals surface area contributed by atoms with Gasteiger partial charge in [-0.3, -0.25) is 14.4 Å².